The average molecular weight is 521 g/mol. The average Bonchev–Trinajstić information content (AvgIpc) is 2.83. The van der Waals surface area contributed by atoms with Gasteiger partial charge < -0.3 is 23.9 Å². The molecule has 190 valence electrons. The predicted molar refractivity (Wildman–Crippen MR) is 139 cm³/mol. The van der Waals surface area contributed by atoms with Crippen LogP contribution >= 0.6 is 0 Å². The van der Waals surface area contributed by atoms with Crippen molar-refractivity contribution in [2.45, 2.75) is 17.9 Å². The zero-order chi connectivity index (χ0) is 25.7. The van der Waals surface area contributed by atoms with Gasteiger partial charge in [0.1, 0.15) is 59.0 Å². The molecule has 1 unspecified atom stereocenters. The minimum atomic E-state index is -4.27. The van der Waals surface area contributed by atoms with Crippen molar-refractivity contribution in [1.82, 2.24) is 0 Å². The summed E-state index contributed by atoms with van der Waals surface area (Å²) in [6, 6.07) is 22.6. The molecule has 0 radical (unpaired) electrons. The van der Waals surface area contributed by atoms with E-state index < -0.39 is 16.2 Å². The molecule has 0 aliphatic carbocycles. The molecule has 0 saturated heterocycles. The van der Waals surface area contributed by atoms with E-state index in [0.29, 0.717) is 16.6 Å². The highest BCUT2D eigenvalue weighted by molar-refractivity contribution is 7.95. The highest BCUT2D eigenvalue weighted by atomic mass is 32.2. The van der Waals surface area contributed by atoms with E-state index in [1.54, 1.807) is 12.1 Å². The van der Waals surface area contributed by atoms with Gasteiger partial charge in [0, 0.05) is 0 Å². The number of para-hydroxylation sites is 1. The Morgan fingerprint density at radius 2 is 1.29 bits per heavy atom. The van der Waals surface area contributed by atoms with E-state index in [0.717, 1.165) is 29.4 Å². The summed E-state index contributed by atoms with van der Waals surface area (Å²) in [5, 5.41) is 9.92. The van der Waals surface area contributed by atoms with Crippen LogP contribution in [0.3, 0.4) is 0 Å². The van der Waals surface area contributed by atoms with Crippen LogP contribution in [0.15, 0.2) is 83.8 Å². The van der Waals surface area contributed by atoms with Gasteiger partial charge in [0.2, 0.25) is 0 Å². The van der Waals surface area contributed by atoms with Crippen molar-refractivity contribution >= 4 is 21.0 Å². The van der Waals surface area contributed by atoms with Crippen molar-refractivity contribution in [3.8, 4) is 17.2 Å². The van der Waals surface area contributed by atoms with E-state index in [2.05, 4.69) is 12.5 Å². The molecule has 3 rings (SSSR count). The van der Waals surface area contributed by atoms with E-state index in [9.17, 15) is 18.1 Å². The van der Waals surface area contributed by atoms with Gasteiger partial charge in [-0.05, 0) is 66.3 Å². The number of aliphatic hydroxyl groups excluding tert-OH is 1. The summed E-state index contributed by atoms with van der Waals surface area (Å²) in [7, 11) is -3.88. The van der Waals surface area contributed by atoms with Crippen LogP contribution in [0.5, 0.6) is 17.2 Å². The fourth-order valence-electron chi connectivity index (χ4n) is 2.61. The SMILES string of the molecule is C[S+](C)CCOc1ccc(OCC(O)COc2ccccc2)cc1.Cc1ccc(S(=O)(=O)[O-])cc1. The minimum absolute atomic E-state index is 0.178. The Morgan fingerprint density at radius 3 is 1.77 bits per heavy atom. The van der Waals surface area contributed by atoms with E-state index in [1.807, 2.05) is 61.5 Å². The lowest BCUT2D eigenvalue weighted by atomic mass is 10.2. The molecule has 0 saturated carbocycles. The zero-order valence-corrected chi connectivity index (χ0v) is 21.8. The lowest BCUT2D eigenvalue weighted by Crippen LogP contribution is -2.25. The number of aliphatic hydroxyl groups is 1. The maximum atomic E-state index is 10.4. The number of aryl methyl sites for hydroxylation is 1. The standard InChI is InChI=1S/C19H25O4S.C7H8O3S/c1-24(2)13-12-21-18-8-10-19(11-9-18)23-15-16(20)14-22-17-6-4-3-5-7-17;1-6-2-4-7(5-3-6)11(8,9)10/h3-11,16,20H,12-15H2,1-2H3;2-5H,1H3,(H,8,9,10)/q+1;/p-1. The largest absolute Gasteiger partial charge is 0.744 e. The summed E-state index contributed by atoms with van der Waals surface area (Å²) in [6.07, 6.45) is 3.72. The lowest BCUT2D eigenvalue weighted by molar-refractivity contribution is 0.0626. The molecular weight excluding hydrogens is 488 g/mol. The molecule has 0 aromatic heterocycles. The fraction of sp³-hybridized carbons (Fsp3) is 0.308. The van der Waals surface area contributed by atoms with Gasteiger partial charge >= 0.3 is 0 Å². The molecule has 0 amide bonds. The fourth-order valence-corrected chi connectivity index (χ4v) is 3.50. The van der Waals surface area contributed by atoms with Crippen molar-refractivity contribution in [3.63, 3.8) is 0 Å². The van der Waals surface area contributed by atoms with Crippen LogP contribution in [-0.2, 0) is 21.0 Å². The Balaban J connectivity index is 0.000000328. The first-order valence-electron chi connectivity index (χ1n) is 10.9. The van der Waals surface area contributed by atoms with E-state index in [4.69, 9.17) is 14.2 Å². The van der Waals surface area contributed by atoms with Gasteiger partial charge in [0.25, 0.3) is 0 Å². The van der Waals surface area contributed by atoms with Crippen LogP contribution in [0.2, 0.25) is 0 Å². The molecule has 3 aromatic rings. The molecule has 7 nitrogen and oxygen atoms in total. The number of hydrogen-bond donors (Lipinski definition) is 1. The summed E-state index contributed by atoms with van der Waals surface area (Å²) >= 11 is 0. The van der Waals surface area contributed by atoms with Crippen LogP contribution in [0.1, 0.15) is 5.56 Å². The van der Waals surface area contributed by atoms with Gasteiger partial charge in [-0.3, -0.25) is 0 Å². The van der Waals surface area contributed by atoms with E-state index >= 15 is 0 Å². The van der Waals surface area contributed by atoms with Crippen molar-refractivity contribution < 1.29 is 32.3 Å². The third kappa shape index (κ3) is 12.0. The molecule has 1 N–H and O–H groups in total. The van der Waals surface area contributed by atoms with E-state index in [1.165, 1.54) is 12.1 Å². The van der Waals surface area contributed by atoms with Crippen LogP contribution in [0.25, 0.3) is 0 Å². The maximum Gasteiger partial charge on any atom is 0.141 e. The number of ether oxygens (including phenoxy) is 3. The molecule has 0 aliphatic heterocycles. The zero-order valence-electron chi connectivity index (χ0n) is 20.1. The third-order valence-corrected chi connectivity index (χ3v) is 6.35. The first-order chi connectivity index (χ1) is 16.6. The van der Waals surface area contributed by atoms with E-state index in [-0.39, 0.29) is 18.1 Å². The number of benzene rings is 3. The Labute approximate surface area is 210 Å². The molecule has 0 bridgehead atoms. The highest BCUT2D eigenvalue weighted by Gasteiger charge is 2.07. The van der Waals surface area contributed by atoms with Gasteiger partial charge in [-0.1, -0.05) is 35.9 Å². The summed E-state index contributed by atoms with van der Waals surface area (Å²) in [4.78, 5) is -0.178. The Morgan fingerprint density at radius 1 is 0.800 bits per heavy atom. The first-order valence-corrected chi connectivity index (χ1v) is 14.5. The quantitative estimate of drug-likeness (QED) is 0.304. The van der Waals surface area contributed by atoms with Crippen LogP contribution in [-0.4, -0.2) is 62.3 Å². The second-order valence-electron chi connectivity index (χ2n) is 7.87. The Kier molecular flexibility index (Phi) is 11.9. The third-order valence-electron chi connectivity index (χ3n) is 4.52. The topological polar surface area (TPSA) is 105 Å². The number of hydrogen-bond acceptors (Lipinski definition) is 7. The normalized spacial score (nSPS) is 11.8. The van der Waals surface area contributed by atoms with Gasteiger partial charge in [0.05, 0.1) is 17.4 Å². The molecular formula is C26H32O7S2. The Bertz CT molecular complexity index is 1080. The van der Waals surface area contributed by atoms with Gasteiger partial charge in [-0.2, -0.15) is 0 Å². The van der Waals surface area contributed by atoms with Crippen molar-refractivity contribution in [2.75, 3.05) is 38.1 Å². The molecule has 0 fully saturated rings. The second kappa shape index (κ2) is 14.6. The van der Waals surface area contributed by atoms with Gasteiger partial charge in [-0.25, -0.2) is 8.42 Å². The van der Waals surface area contributed by atoms with Crippen LogP contribution in [0.4, 0.5) is 0 Å². The minimum Gasteiger partial charge on any atom is -0.744 e. The Hall–Kier alpha value is -2.72. The summed E-state index contributed by atoms with van der Waals surface area (Å²) < 4.78 is 47.9. The summed E-state index contributed by atoms with van der Waals surface area (Å²) in [5.41, 5.74) is 0.928. The van der Waals surface area contributed by atoms with Gasteiger partial charge in [-0.15, -0.1) is 0 Å². The van der Waals surface area contributed by atoms with Crippen molar-refractivity contribution in [2.24, 2.45) is 0 Å². The molecule has 3 aromatic carbocycles. The maximum absolute atomic E-state index is 10.4. The molecule has 35 heavy (non-hydrogen) atoms. The number of rotatable bonds is 11. The van der Waals surface area contributed by atoms with Gasteiger partial charge in [0.15, 0.2) is 0 Å². The molecule has 0 spiro atoms. The molecule has 1 atom stereocenters. The van der Waals surface area contributed by atoms with Crippen LogP contribution < -0.4 is 14.2 Å². The molecule has 0 heterocycles. The van der Waals surface area contributed by atoms with Crippen molar-refractivity contribution in [3.05, 3.63) is 84.4 Å². The predicted octanol–water partition coefficient (Wildman–Crippen LogP) is 3.66. The first kappa shape index (κ1) is 28.5. The summed E-state index contributed by atoms with van der Waals surface area (Å²) in [5.74, 6) is 3.33. The van der Waals surface area contributed by atoms with Crippen LogP contribution in [0, 0.1) is 6.92 Å². The molecule has 9 heteroatoms. The highest BCUT2D eigenvalue weighted by Crippen LogP contribution is 2.18. The summed E-state index contributed by atoms with van der Waals surface area (Å²) in [6.45, 7) is 2.93. The van der Waals surface area contributed by atoms with Crippen molar-refractivity contribution in [1.29, 1.82) is 0 Å². The second-order valence-corrected chi connectivity index (χ2v) is 11.6. The monoisotopic (exact) mass is 520 g/mol. The molecule has 0 aliphatic rings. The lowest BCUT2D eigenvalue weighted by Gasteiger charge is -2.14. The smallest absolute Gasteiger partial charge is 0.141 e.